The Balaban J connectivity index is 2.47. The third-order valence-corrected chi connectivity index (χ3v) is 3.84. The Morgan fingerprint density at radius 1 is 1.39 bits per heavy atom. The van der Waals surface area contributed by atoms with Crippen molar-refractivity contribution < 1.29 is 14.6 Å². The average molecular weight is 248 g/mol. The molecule has 0 spiro atoms. The van der Waals surface area contributed by atoms with Crippen molar-refractivity contribution in [2.75, 3.05) is 13.7 Å². The number of aliphatic carboxylic acids is 1. The number of hydrogen-bond acceptors (Lipinski definition) is 2. The van der Waals surface area contributed by atoms with E-state index in [-0.39, 0.29) is 5.41 Å². The fourth-order valence-corrected chi connectivity index (χ4v) is 2.65. The van der Waals surface area contributed by atoms with Crippen LogP contribution in [-0.2, 0) is 20.4 Å². The van der Waals surface area contributed by atoms with Gasteiger partial charge in [0.2, 0.25) is 0 Å². The molecule has 1 fully saturated rings. The van der Waals surface area contributed by atoms with E-state index in [1.54, 1.807) is 7.11 Å². The lowest BCUT2D eigenvalue weighted by molar-refractivity contribution is -0.140. The molecule has 3 nitrogen and oxygen atoms in total. The van der Waals surface area contributed by atoms with Gasteiger partial charge in [-0.05, 0) is 24.0 Å². The van der Waals surface area contributed by atoms with Crippen molar-refractivity contribution in [2.24, 2.45) is 0 Å². The van der Waals surface area contributed by atoms with E-state index >= 15 is 0 Å². The molecule has 0 radical (unpaired) electrons. The second kappa shape index (κ2) is 4.39. The molecule has 0 amide bonds. The van der Waals surface area contributed by atoms with E-state index in [1.807, 2.05) is 24.3 Å². The van der Waals surface area contributed by atoms with Gasteiger partial charge in [0.1, 0.15) is 0 Å². The zero-order valence-electron chi connectivity index (χ0n) is 11.2. The van der Waals surface area contributed by atoms with Gasteiger partial charge in [-0.3, -0.25) is 4.79 Å². The maximum absolute atomic E-state index is 11.5. The lowest BCUT2D eigenvalue weighted by atomic mass is 9.78. The van der Waals surface area contributed by atoms with Gasteiger partial charge in [-0.2, -0.15) is 0 Å². The summed E-state index contributed by atoms with van der Waals surface area (Å²) in [6.07, 6.45) is 1.48. The molecular weight excluding hydrogens is 228 g/mol. The molecule has 1 N–H and O–H groups in total. The number of ether oxygens (including phenoxy) is 1. The van der Waals surface area contributed by atoms with Gasteiger partial charge < -0.3 is 9.84 Å². The van der Waals surface area contributed by atoms with Gasteiger partial charge >= 0.3 is 5.97 Å². The standard InChI is InChI=1S/C15H20O3/c1-14(2,10-18-3)11-6-4-5-7-12(11)15(8-9-15)13(16)17/h4-7H,8-10H2,1-3H3,(H,16,17). The van der Waals surface area contributed by atoms with E-state index in [0.29, 0.717) is 6.61 Å². The Labute approximate surface area is 108 Å². The Hall–Kier alpha value is -1.35. The first-order chi connectivity index (χ1) is 8.44. The number of rotatable bonds is 5. The first-order valence-electron chi connectivity index (χ1n) is 6.26. The van der Waals surface area contributed by atoms with E-state index in [0.717, 1.165) is 24.0 Å². The van der Waals surface area contributed by atoms with Crippen LogP contribution in [-0.4, -0.2) is 24.8 Å². The minimum Gasteiger partial charge on any atom is -0.481 e. The second-order valence-corrected chi connectivity index (χ2v) is 5.75. The van der Waals surface area contributed by atoms with Crippen LogP contribution in [0.1, 0.15) is 37.8 Å². The first-order valence-corrected chi connectivity index (χ1v) is 6.26. The molecule has 1 aliphatic carbocycles. The largest absolute Gasteiger partial charge is 0.481 e. The first kappa shape index (κ1) is 13.1. The summed E-state index contributed by atoms with van der Waals surface area (Å²) in [7, 11) is 1.68. The Kier molecular flexibility index (Phi) is 3.20. The Bertz CT molecular complexity index is 459. The summed E-state index contributed by atoms with van der Waals surface area (Å²) < 4.78 is 5.26. The van der Waals surface area contributed by atoms with Crippen molar-refractivity contribution in [3.8, 4) is 0 Å². The molecule has 2 rings (SSSR count). The quantitative estimate of drug-likeness (QED) is 0.871. The van der Waals surface area contributed by atoms with E-state index in [2.05, 4.69) is 13.8 Å². The van der Waals surface area contributed by atoms with E-state index in [4.69, 9.17) is 4.74 Å². The lowest BCUT2D eigenvalue weighted by Crippen LogP contribution is -2.30. The van der Waals surface area contributed by atoms with Crippen molar-refractivity contribution in [1.29, 1.82) is 0 Å². The Morgan fingerprint density at radius 3 is 2.50 bits per heavy atom. The van der Waals surface area contributed by atoms with Crippen LogP contribution in [0, 0.1) is 0 Å². The number of carbonyl (C=O) groups is 1. The highest BCUT2D eigenvalue weighted by Gasteiger charge is 2.53. The van der Waals surface area contributed by atoms with E-state index in [1.165, 1.54) is 0 Å². The monoisotopic (exact) mass is 248 g/mol. The topological polar surface area (TPSA) is 46.5 Å². The molecule has 18 heavy (non-hydrogen) atoms. The van der Waals surface area contributed by atoms with Gasteiger partial charge in [-0.15, -0.1) is 0 Å². The fraction of sp³-hybridized carbons (Fsp3) is 0.533. The molecule has 1 aliphatic rings. The predicted octanol–water partition coefficient (Wildman–Crippen LogP) is 2.73. The van der Waals surface area contributed by atoms with Gasteiger partial charge in [0.25, 0.3) is 0 Å². The molecule has 0 bridgehead atoms. The molecule has 1 aromatic carbocycles. The molecule has 3 heteroatoms. The zero-order chi connectivity index (χ0) is 13.4. The summed E-state index contributed by atoms with van der Waals surface area (Å²) in [5.41, 5.74) is 1.23. The van der Waals surface area contributed by atoms with Crippen LogP contribution in [0.3, 0.4) is 0 Å². The third-order valence-electron chi connectivity index (χ3n) is 3.84. The van der Waals surface area contributed by atoms with Gasteiger partial charge in [-0.1, -0.05) is 38.1 Å². The SMILES string of the molecule is COCC(C)(C)c1ccccc1C1(C(=O)O)CC1. The van der Waals surface area contributed by atoms with Crippen LogP contribution in [0.5, 0.6) is 0 Å². The molecule has 0 saturated heterocycles. The van der Waals surface area contributed by atoms with Gasteiger partial charge in [0, 0.05) is 12.5 Å². The lowest BCUT2D eigenvalue weighted by Gasteiger charge is -2.29. The summed E-state index contributed by atoms with van der Waals surface area (Å²) >= 11 is 0. The van der Waals surface area contributed by atoms with Crippen LogP contribution in [0.25, 0.3) is 0 Å². The highest BCUT2D eigenvalue weighted by Crippen LogP contribution is 2.51. The van der Waals surface area contributed by atoms with Crippen molar-refractivity contribution in [2.45, 2.75) is 37.5 Å². The van der Waals surface area contributed by atoms with Crippen LogP contribution in [0.15, 0.2) is 24.3 Å². The van der Waals surface area contributed by atoms with Crippen molar-refractivity contribution in [1.82, 2.24) is 0 Å². The number of hydrogen-bond donors (Lipinski definition) is 1. The summed E-state index contributed by atoms with van der Waals surface area (Å²) in [5, 5.41) is 9.45. The maximum atomic E-state index is 11.5. The summed E-state index contributed by atoms with van der Waals surface area (Å²) in [4.78, 5) is 11.5. The summed E-state index contributed by atoms with van der Waals surface area (Å²) in [6, 6.07) is 7.87. The van der Waals surface area contributed by atoms with Crippen molar-refractivity contribution >= 4 is 5.97 Å². The van der Waals surface area contributed by atoms with E-state index < -0.39 is 11.4 Å². The van der Waals surface area contributed by atoms with E-state index in [9.17, 15) is 9.90 Å². The zero-order valence-corrected chi connectivity index (χ0v) is 11.2. The van der Waals surface area contributed by atoms with Crippen LogP contribution >= 0.6 is 0 Å². The smallest absolute Gasteiger partial charge is 0.314 e. The fourth-order valence-electron chi connectivity index (χ4n) is 2.65. The predicted molar refractivity (Wildman–Crippen MR) is 69.9 cm³/mol. The highest BCUT2D eigenvalue weighted by atomic mass is 16.5. The summed E-state index contributed by atoms with van der Waals surface area (Å²) in [5.74, 6) is -0.705. The number of methoxy groups -OCH3 is 1. The normalized spacial score (nSPS) is 17.5. The average Bonchev–Trinajstić information content (AvgIpc) is 3.10. The molecule has 98 valence electrons. The summed E-state index contributed by atoms with van der Waals surface area (Å²) in [6.45, 7) is 4.76. The number of carboxylic acid groups (broad SMARTS) is 1. The van der Waals surface area contributed by atoms with Crippen molar-refractivity contribution in [3.63, 3.8) is 0 Å². The van der Waals surface area contributed by atoms with Crippen molar-refractivity contribution in [3.05, 3.63) is 35.4 Å². The Morgan fingerprint density at radius 2 is 2.00 bits per heavy atom. The minimum atomic E-state index is -0.705. The molecule has 1 aromatic rings. The molecular formula is C15H20O3. The molecule has 0 aromatic heterocycles. The van der Waals surface area contributed by atoms with Gasteiger partial charge in [0.15, 0.2) is 0 Å². The third kappa shape index (κ3) is 2.03. The highest BCUT2D eigenvalue weighted by molar-refractivity contribution is 5.85. The van der Waals surface area contributed by atoms with Gasteiger partial charge in [0.05, 0.1) is 12.0 Å². The van der Waals surface area contributed by atoms with Crippen LogP contribution < -0.4 is 0 Å². The minimum absolute atomic E-state index is 0.170. The molecule has 0 atom stereocenters. The van der Waals surface area contributed by atoms with Gasteiger partial charge in [-0.25, -0.2) is 0 Å². The second-order valence-electron chi connectivity index (χ2n) is 5.75. The maximum Gasteiger partial charge on any atom is 0.314 e. The number of benzene rings is 1. The molecule has 0 heterocycles. The van der Waals surface area contributed by atoms with Crippen LogP contribution in [0.2, 0.25) is 0 Å². The van der Waals surface area contributed by atoms with Crippen LogP contribution in [0.4, 0.5) is 0 Å². The molecule has 1 saturated carbocycles. The number of carboxylic acids is 1. The molecule has 0 unspecified atom stereocenters. The molecule has 0 aliphatic heterocycles.